The number of ether oxygens (including phenoxy) is 1. The van der Waals surface area contributed by atoms with Crippen LogP contribution in [0.1, 0.15) is 42.0 Å². The summed E-state index contributed by atoms with van der Waals surface area (Å²) in [5.74, 6) is 0.463. The van der Waals surface area contributed by atoms with Crippen molar-refractivity contribution in [2.75, 3.05) is 13.1 Å². The second-order valence-corrected chi connectivity index (χ2v) is 11.0. The monoisotopic (exact) mass is 541 g/mol. The van der Waals surface area contributed by atoms with Crippen LogP contribution in [0.2, 0.25) is 4.34 Å². The van der Waals surface area contributed by atoms with E-state index in [1.807, 2.05) is 6.07 Å². The molecular formula is C25H24ClN5O5S. The molecule has 0 radical (unpaired) electrons. The maximum absolute atomic E-state index is 13.5. The van der Waals surface area contributed by atoms with Gasteiger partial charge in [0.25, 0.3) is 5.91 Å². The minimum absolute atomic E-state index is 0.0488. The van der Waals surface area contributed by atoms with Crippen LogP contribution in [0, 0.1) is 0 Å². The number of hydrogen-bond donors (Lipinski definition) is 2. The molecule has 4 aromatic rings. The van der Waals surface area contributed by atoms with Crippen LogP contribution in [0.3, 0.4) is 0 Å². The lowest BCUT2D eigenvalue weighted by Gasteiger charge is -2.32. The number of para-hydroxylation sites is 1. The standard InChI is InChI=1S/C25H24ClN5O5S/c26-21-7-6-20(37-21)19-12-15(29-36-19)13-31-17-2-1-3-18(35-25(33)34)22(17)28-23(31)24(32)27-14-8-10-30(11-9-14)16-4-5-16/h1-3,6-7,12,14,16H,4-5,8-11,13H2,(H,27,32)(H,33,34). The van der Waals surface area contributed by atoms with Gasteiger partial charge in [-0.15, -0.1) is 11.3 Å². The number of nitrogens with one attached hydrogen (secondary N) is 1. The molecule has 6 rings (SSSR count). The number of amides is 1. The Kier molecular flexibility index (Phi) is 6.35. The third kappa shape index (κ3) is 5.07. The van der Waals surface area contributed by atoms with Crippen molar-refractivity contribution in [1.29, 1.82) is 0 Å². The Balaban J connectivity index is 1.30. The number of nitrogens with zero attached hydrogens (tertiary/aromatic N) is 4. The molecular weight excluding hydrogens is 518 g/mol. The van der Waals surface area contributed by atoms with Gasteiger partial charge in [-0.05, 0) is 49.9 Å². The fraction of sp³-hybridized carbons (Fsp3) is 0.360. The van der Waals surface area contributed by atoms with Crippen LogP contribution in [-0.4, -0.2) is 61.9 Å². The Morgan fingerprint density at radius 2 is 2.00 bits per heavy atom. The lowest BCUT2D eigenvalue weighted by molar-refractivity contribution is 0.0895. The van der Waals surface area contributed by atoms with Gasteiger partial charge >= 0.3 is 6.16 Å². The molecule has 1 aliphatic heterocycles. The zero-order valence-electron chi connectivity index (χ0n) is 19.7. The van der Waals surface area contributed by atoms with Crippen molar-refractivity contribution in [3.05, 3.63) is 52.3 Å². The number of likely N-dealkylation sites (tertiary alicyclic amines) is 1. The minimum atomic E-state index is -1.45. The summed E-state index contributed by atoms with van der Waals surface area (Å²) >= 11 is 7.43. The van der Waals surface area contributed by atoms with Crippen LogP contribution >= 0.6 is 22.9 Å². The minimum Gasteiger partial charge on any atom is -0.449 e. The smallest absolute Gasteiger partial charge is 0.449 e. The number of rotatable bonds is 7. The summed E-state index contributed by atoms with van der Waals surface area (Å²) in [5, 5.41) is 16.5. The van der Waals surface area contributed by atoms with Crippen molar-refractivity contribution in [2.45, 2.75) is 44.3 Å². The van der Waals surface area contributed by atoms with E-state index in [0.29, 0.717) is 27.3 Å². The number of carboxylic acid groups (broad SMARTS) is 1. The topological polar surface area (TPSA) is 123 Å². The van der Waals surface area contributed by atoms with Gasteiger partial charge in [0.1, 0.15) is 11.2 Å². The summed E-state index contributed by atoms with van der Waals surface area (Å²) in [6, 6.07) is 11.1. The van der Waals surface area contributed by atoms with E-state index >= 15 is 0 Å². The van der Waals surface area contributed by atoms with Crippen molar-refractivity contribution < 1.29 is 24.0 Å². The normalized spacial score (nSPS) is 16.8. The number of fused-ring (bicyclic) bond motifs is 1. The van der Waals surface area contributed by atoms with Gasteiger partial charge in [-0.1, -0.05) is 22.8 Å². The van der Waals surface area contributed by atoms with Crippen LogP contribution in [0.4, 0.5) is 4.79 Å². The van der Waals surface area contributed by atoms with Crippen molar-refractivity contribution >= 4 is 46.0 Å². The first kappa shape index (κ1) is 24.0. The van der Waals surface area contributed by atoms with E-state index in [0.717, 1.165) is 30.8 Å². The second kappa shape index (κ2) is 9.81. The molecule has 0 unspecified atom stereocenters. The molecule has 1 aliphatic carbocycles. The summed E-state index contributed by atoms with van der Waals surface area (Å²) in [4.78, 5) is 32.6. The average molecular weight is 542 g/mol. The zero-order chi connectivity index (χ0) is 25.5. The summed E-state index contributed by atoms with van der Waals surface area (Å²) < 4.78 is 12.8. The van der Waals surface area contributed by atoms with Gasteiger partial charge in [-0.2, -0.15) is 0 Å². The second-order valence-electron chi connectivity index (χ2n) is 9.31. The predicted octanol–water partition coefficient (Wildman–Crippen LogP) is 4.87. The maximum atomic E-state index is 13.5. The van der Waals surface area contributed by atoms with E-state index < -0.39 is 6.16 Å². The van der Waals surface area contributed by atoms with Gasteiger partial charge in [-0.25, -0.2) is 9.78 Å². The molecule has 1 saturated carbocycles. The molecule has 2 N–H and O–H groups in total. The number of aromatic nitrogens is 3. The van der Waals surface area contributed by atoms with E-state index in [1.54, 1.807) is 28.8 Å². The number of piperidine rings is 1. The van der Waals surface area contributed by atoms with Crippen molar-refractivity contribution in [3.63, 3.8) is 0 Å². The van der Waals surface area contributed by atoms with E-state index in [9.17, 15) is 9.59 Å². The van der Waals surface area contributed by atoms with E-state index in [-0.39, 0.29) is 35.6 Å². The van der Waals surface area contributed by atoms with Gasteiger partial charge in [0.2, 0.25) is 5.82 Å². The number of carbonyl (C=O) groups is 2. The molecule has 10 nitrogen and oxygen atoms in total. The number of benzene rings is 1. The van der Waals surface area contributed by atoms with Gasteiger partial charge < -0.3 is 29.2 Å². The Labute approximate surface area is 220 Å². The highest BCUT2D eigenvalue weighted by Crippen LogP contribution is 2.33. The van der Waals surface area contributed by atoms with Gasteiger partial charge in [-0.3, -0.25) is 4.79 Å². The van der Waals surface area contributed by atoms with Crippen LogP contribution in [-0.2, 0) is 6.54 Å². The van der Waals surface area contributed by atoms with Crippen LogP contribution in [0.15, 0.2) is 40.9 Å². The lowest BCUT2D eigenvalue weighted by atomic mass is 10.0. The SMILES string of the molecule is O=C(O)Oc1cccc2c1nc(C(=O)NC1CCN(C3CC3)CC1)n2Cc1cc(-c2ccc(Cl)s2)on1. The third-order valence-corrected chi connectivity index (χ3v) is 8.01. The van der Waals surface area contributed by atoms with E-state index in [4.69, 9.17) is 26.0 Å². The molecule has 1 saturated heterocycles. The molecule has 1 aromatic carbocycles. The Morgan fingerprint density at radius 3 is 2.70 bits per heavy atom. The van der Waals surface area contributed by atoms with Crippen LogP contribution in [0.25, 0.3) is 21.7 Å². The number of thiophene rings is 1. The van der Waals surface area contributed by atoms with Gasteiger partial charge in [0, 0.05) is 31.2 Å². The summed E-state index contributed by atoms with van der Waals surface area (Å²) in [5.41, 5.74) is 1.42. The molecule has 2 fully saturated rings. The van der Waals surface area contributed by atoms with E-state index in [1.165, 1.54) is 30.2 Å². The molecule has 37 heavy (non-hydrogen) atoms. The quantitative estimate of drug-likeness (QED) is 0.251. The Hall–Kier alpha value is -3.41. The molecule has 192 valence electrons. The van der Waals surface area contributed by atoms with E-state index in [2.05, 4.69) is 20.4 Å². The molecule has 3 aromatic heterocycles. The third-order valence-electron chi connectivity index (χ3n) is 6.77. The fourth-order valence-electron chi connectivity index (χ4n) is 4.84. The van der Waals surface area contributed by atoms with Gasteiger partial charge in [0.15, 0.2) is 11.5 Å². The summed E-state index contributed by atoms with van der Waals surface area (Å²) in [6.45, 7) is 2.13. The van der Waals surface area contributed by atoms with Crippen molar-refractivity contribution in [1.82, 2.24) is 24.9 Å². The number of halogens is 1. The highest BCUT2D eigenvalue weighted by Gasteiger charge is 2.33. The van der Waals surface area contributed by atoms with Crippen LogP contribution < -0.4 is 10.1 Å². The molecule has 1 amide bonds. The summed E-state index contributed by atoms with van der Waals surface area (Å²) in [7, 11) is 0. The zero-order valence-corrected chi connectivity index (χ0v) is 21.3. The number of carbonyl (C=O) groups excluding carboxylic acids is 1. The number of hydrogen-bond acceptors (Lipinski definition) is 8. The molecule has 0 atom stereocenters. The largest absolute Gasteiger partial charge is 0.511 e. The van der Waals surface area contributed by atoms with Gasteiger partial charge in [0.05, 0.1) is 21.3 Å². The lowest BCUT2D eigenvalue weighted by Crippen LogP contribution is -2.45. The van der Waals surface area contributed by atoms with Crippen LogP contribution in [0.5, 0.6) is 5.75 Å². The average Bonchev–Trinajstić information content (AvgIpc) is 3.27. The first-order valence-electron chi connectivity index (χ1n) is 12.1. The predicted molar refractivity (Wildman–Crippen MR) is 137 cm³/mol. The van der Waals surface area contributed by atoms with Crippen molar-refractivity contribution in [2.24, 2.45) is 0 Å². The molecule has 2 aliphatic rings. The molecule has 0 bridgehead atoms. The Morgan fingerprint density at radius 1 is 1.19 bits per heavy atom. The highest BCUT2D eigenvalue weighted by atomic mass is 35.5. The maximum Gasteiger partial charge on any atom is 0.511 e. The molecule has 0 spiro atoms. The Bertz CT molecular complexity index is 1470. The van der Waals surface area contributed by atoms with Crippen molar-refractivity contribution in [3.8, 4) is 16.4 Å². The highest BCUT2D eigenvalue weighted by molar-refractivity contribution is 7.19. The fourth-order valence-corrected chi connectivity index (χ4v) is 5.83. The molecule has 4 heterocycles. The first-order chi connectivity index (χ1) is 17.9. The number of imidazole rings is 1. The molecule has 12 heteroatoms. The summed E-state index contributed by atoms with van der Waals surface area (Å²) in [6.07, 6.45) is 2.85. The first-order valence-corrected chi connectivity index (χ1v) is 13.3.